The van der Waals surface area contributed by atoms with E-state index in [4.69, 9.17) is 0 Å². The molecule has 0 unspecified atom stereocenters. The Morgan fingerprint density at radius 1 is 1.33 bits per heavy atom. The molecule has 1 fully saturated rings. The normalized spacial score (nSPS) is 22.8. The van der Waals surface area contributed by atoms with E-state index in [0.29, 0.717) is 0 Å². The number of hydrogen-bond acceptors (Lipinski definition) is 3. The van der Waals surface area contributed by atoms with E-state index >= 15 is 0 Å². The summed E-state index contributed by atoms with van der Waals surface area (Å²) in [4.78, 5) is 20.6. The smallest absolute Gasteiger partial charge is 0.179 e. The van der Waals surface area contributed by atoms with Crippen molar-refractivity contribution in [3.8, 4) is 0 Å². The van der Waals surface area contributed by atoms with Gasteiger partial charge in [0.05, 0.1) is 0 Å². The van der Waals surface area contributed by atoms with E-state index in [-0.39, 0.29) is 24.8 Å². The molecule has 50 valence electrons. The standard InChI is InChI=1S/C5H5BrO3/c6-5-3(7)1-9-2-4(5)8/h5H,1-2H2. The minimum atomic E-state index is -0.619. The molecule has 0 saturated carbocycles. The first-order valence-electron chi connectivity index (χ1n) is 2.49. The number of ether oxygens (including phenoxy) is 1. The lowest BCUT2D eigenvalue weighted by Crippen LogP contribution is -2.36. The summed E-state index contributed by atoms with van der Waals surface area (Å²) in [6.45, 7) is 0.114. The van der Waals surface area contributed by atoms with Gasteiger partial charge in [0.2, 0.25) is 0 Å². The highest BCUT2D eigenvalue weighted by Gasteiger charge is 2.27. The van der Waals surface area contributed by atoms with E-state index in [1.165, 1.54) is 0 Å². The van der Waals surface area contributed by atoms with Crippen LogP contribution in [0.3, 0.4) is 0 Å². The van der Waals surface area contributed by atoms with Gasteiger partial charge in [0, 0.05) is 0 Å². The van der Waals surface area contributed by atoms with Crippen LogP contribution in [0.15, 0.2) is 0 Å². The van der Waals surface area contributed by atoms with E-state index in [0.717, 1.165) is 0 Å². The van der Waals surface area contributed by atoms with Gasteiger partial charge in [-0.15, -0.1) is 0 Å². The molecule has 0 bridgehead atoms. The molecule has 9 heavy (non-hydrogen) atoms. The van der Waals surface area contributed by atoms with Crippen LogP contribution in [-0.4, -0.2) is 29.6 Å². The van der Waals surface area contributed by atoms with Crippen molar-refractivity contribution in [2.75, 3.05) is 13.2 Å². The van der Waals surface area contributed by atoms with Gasteiger partial charge in [-0.05, 0) is 0 Å². The van der Waals surface area contributed by atoms with Crippen LogP contribution in [0.4, 0.5) is 0 Å². The summed E-state index contributed by atoms with van der Waals surface area (Å²) >= 11 is 2.94. The van der Waals surface area contributed by atoms with Crippen LogP contribution >= 0.6 is 15.9 Å². The summed E-state index contributed by atoms with van der Waals surface area (Å²) in [6, 6.07) is 0. The summed E-state index contributed by atoms with van der Waals surface area (Å²) < 4.78 is 4.64. The van der Waals surface area contributed by atoms with Crippen LogP contribution in [0.25, 0.3) is 0 Å². The van der Waals surface area contributed by atoms with Crippen molar-refractivity contribution < 1.29 is 14.3 Å². The second-order valence-electron chi connectivity index (χ2n) is 1.79. The lowest BCUT2D eigenvalue weighted by atomic mass is 10.2. The average molecular weight is 193 g/mol. The third-order valence-electron chi connectivity index (χ3n) is 1.05. The van der Waals surface area contributed by atoms with Gasteiger partial charge < -0.3 is 4.74 Å². The Kier molecular flexibility index (Phi) is 1.97. The predicted molar refractivity (Wildman–Crippen MR) is 33.5 cm³/mol. The van der Waals surface area contributed by atoms with Gasteiger partial charge >= 0.3 is 0 Å². The molecule has 1 heterocycles. The van der Waals surface area contributed by atoms with Crippen molar-refractivity contribution in [2.45, 2.75) is 4.83 Å². The topological polar surface area (TPSA) is 43.4 Å². The number of alkyl halides is 1. The second-order valence-corrected chi connectivity index (χ2v) is 2.70. The molecule has 0 atom stereocenters. The van der Waals surface area contributed by atoms with Crippen molar-refractivity contribution in [3.63, 3.8) is 0 Å². The van der Waals surface area contributed by atoms with Crippen LogP contribution < -0.4 is 0 Å². The molecule has 0 N–H and O–H groups in total. The van der Waals surface area contributed by atoms with E-state index in [1.807, 2.05) is 0 Å². The number of Topliss-reactive ketones (excluding diaryl/α,β-unsaturated/α-hetero) is 2. The maximum Gasteiger partial charge on any atom is 0.179 e. The molecule has 0 aromatic carbocycles. The number of ketones is 2. The highest BCUT2D eigenvalue weighted by atomic mass is 79.9. The summed E-state index contributed by atoms with van der Waals surface area (Å²) in [5.41, 5.74) is 0. The van der Waals surface area contributed by atoms with Crippen LogP contribution in [0.5, 0.6) is 0 Å². The Hall–Kier alpha value is -0.220. The van der Waals surface area contributed by atoms with E-state index in [2.05, 4.69) is 20.7 Å². The van der Waals surface area contributed by atoms with E-state index in [9.17, 15) is 9.59 Å². The molecule has 3 nitrogen and oxygen atoms in total. The van der Waals surface area contributed by atoms with Gasteiger partial charge in [0.1, 0.15) is 18.0 Å². The zero-order valence-electron chi connectivity index (χ0n) is 4.59. The molecule has 1 aliphatic heterocycles. The maximum atomic E-state index is 10.6. The average Bonchev–Trinajstić information content (AvgIpc) is 1.83. The monoisotopic (exact) mass is 192 g/mol. The lowest BCUT2D eigenvalue weighted by Gasteiger charge is -2.13. The van der Waals surface area contributed by atoms with Crippen molar-refractivity contribution in [3.05, 3.63) is 0 Å². The number of carbonyl (C=O) groups excluding carboxylic acids is 2. The Morgan fingerprint density at radius 3 is 2.11 bits per heavy atom. The molecule has 4 heteroatoms. The van der Waals surface area contributed by atoms with Gasteiger partial charge in [-0.1, -0.05) is 15.9 Å². The fraction of sp³-hybridized carbons (Fsp3) is 0.600. The van der Waals surface area contributed by atoms with E-state index < -0.39 is 4.83 Å². The minimum absolute atomic E-state index is 0.0572. The van der Waals surface area contributed by atoms with Gasteiger partial charge in [-0.2, -0.15) is 0 Å². The third kappa shape index (κ3) is 1.37. The molecule has 0 amide bonds. The highest BCUT2D eigenvalue weighted by Crippen LogP contribution is 2.07. The predicted octanol–water partition coefficient (Wildman–Crippen LogP) is -0.0817. The van der Waals surface area contributed by atoms with Crippen LogP contribution in [0.1, 0.15) is 0 Å². The van der Waals surface area contributed by atoms with Gasteiger partial charge in [0.15, 0.2) is 11.6 Å². The Labute approximate surface area is 60.5 Å². The molecule has 1 saturated heterocycles. The van der Waals surface area contributed by atoms with Gasteiger partial charge in [-0.3, -0.25) is 9.59 Å². The summed E-state index contributed by atoms with van der Waals surface area (Å²) in [6.07, 6.45) is 0. The second kappa shape index (κ2) is 2.58. The Morgan fingerprint density at radius 2 is 1.78 bits per heavy atom. The fourth-order valence-electron chi connectivity index (χ4n) is 0.578. The summed E-state index contributed by atoms with van der Waals surface area (Å²) in [5.74, 6) is -0.377. The highest BCUT2D eigenvalue weighted by molar-refractivity contribution is 9.10. The molecule has 1 rings (SSSR count). The third-order valence-corrected chi connectivity index (χ3v) is 2.08. The molecule has 0 radical (unpaired) electrons. The first-order chi connectivity index (χ1) is 4.22. The number of hydrogen-bond donors (Lipinski definition) is 0. The minimum Gasteiger partial charge on any atom is -0.366 e. The Balaban J connectivity index is 2.62. The summed E-state index contributed by atoms with van der Waals surface area (Å²) in [7, 11) is 0. The maximum absolute atomic E-state index is 10.6. The quantitative estimate of drug-likeness (QED) is 0.399. The largest absolute Gasteiger partial charge is 0.366 e. The number of carbonyl (C=O) groups is 2. The SMILES string of the molecule is O=C1COCC(=O)C1Br. The summed E-state index contributed by atoms with van der Waals surface area (Å²) in [5, 5.41) is 0. The van der Waals surface area contributed by atoms with Crippen molar-refractivity contribution in [1.29, 1.82) is 0 Å². The van der Waals surface area contributed by atoms with Crippen molar-refractivity contribution >= 4 is 27.5 Å². The van der Waals surface area contributed by atoms with Crippen LogP contribution in [0, 0.1) is 0 Å². The molecule has 0 aromatic rings. The fourth-order valence-corrected chi connectivity index (χ4v) is 0.842. The first kappa shape index (κ1) is 6.89. The molecular formula is C5H5BrO3. The van der Waals surface area contributed by atoms with Gasteiger partial charge in [-0.25, -0.2) is 0 Å². The molecule has 0 aromatic heterocycles. The zero-order valence-corrected chi connectivity index (χ0v) is 6.18. The first-order valence-corrected chi connectivity index (χ1v) is 3.40. The van der Waals surface area contributed by atoms with Gasteiger partial charge in [0.25, 0.3) is 0 Å². The van der Waals surface area contributed by atoms with Crippen molar-refractivity contribution in [2.24, 2.45) is 0 Å². The molecule has 0 spiro atoms. The number of rotatable bonds is 0. The molecule has 1 aliphatic rings. The molecular weight excluding hydrogens is 188 g/mol. The van der Waals surface area contributed by atoms with Crippen molar-refractivity contribution in [1.82, 2.24) is 0 Å². The molecule has 0 aliphatic carbocycles. The van der Waals surface area contributed by atoms with Crippen LogP contribution in [-0.2, 0) is 14.3 Å². The number of halogens is 1. The zero-order chi connectivity index (χ0) is 6.85. The lowest BCUT2D eigenvalue weighted by molar-refractivity contribution is -0.137. The van der Waals surface area contributed by atoms with E-state index in [1.54, 1.807) is 0 Å². The Bertz CT molecular complexity index is 138. The van der Waals surface area contributed by atoms with Crippen LogP contribution in [0.2, 0.25) is 0 Å².